The van der Waals surface area contributed by atoms with Crippen molar-refractivity contribution in [3.05, 3.63) is 58.9 Å². The van der Waals surface area contributed by atoms with E-state index in [0.717, 1.165) is 10.5 Å². The lowest BCUT2D eigenvalue weighted by molar-refractivity contribution is -0.120. The van der Waals surface area contributed by atoms with E-state index >= 15 is 0 Å². The van der Waals surface area contributed by atoms with Crippen LogP contribution in [0.4, 0.5) is 15.8 Å². The van der Waals surface area contributed by atoms with Gasteiger partial charge in [0.2, 0.25) is 11.8 Å². The van der Waals surface area contributed by atoms with Crippen molar-refractivity contribution in [1.29, 1.82) is 0 Å². The van der Waals surface area contributed by atoms with E-state index in [4.69, 9.17) is 11.6 Å². The molecular weight excluding hydrogens is 319 g/mol. The number of hydrogen-bond acceptors (Lipinski definition) is 2. The fraction of sp³-hybridized carbons (Fsp3) is 0.176. The molecule has 0 bridgehead atoms. The third-order valence-electron chi connectivity index (χ3n) is 3.37. The predicted molar refractivity (Wildman–Crippen MR) is 89.2 cm³/mol. The number of benzene rings is 2. The second-order valence-electron chi connectivity index (χ2n) is 5.02. The Morgan fingerprint density at radius 2 is 1.87 bits per heavy atom. The molecule has 23 heavy (non-hydrogen) atoms. The highest BCUT2D eigenvalue weighted by Gasteiger charge is 2.19. The normalized spacial score (nSPS) is 10.3. The molecule has 0 atom stereocenters. The van der Waals surface area contributed by atoms with E-state index in [9.17, 15) is 14.0 Å². The second-order valence-corrected chi connectivity index (χ2v) is 5.42. The molecule has 0 unspecified atom stereocenters. The Labute approximate surface area is 138 Å². The van der Waals surface area contributed by atoms with Gasteiger partial charge in [-0.15, -0.1) is 0 Å². The van der Waals surface area contributed by atoms with Gasteiger partial charge in [-0.2, -0.15) is 0 Å². The van der Waals surface area contributed by atoms with Crippen molar-refractivity contribution in [2.45, 2.75) is 13.8 Å². The number of amides is 2. The zero-order valence-corrected chi connectivity index (χ0v) is 13.5. The molecule has 2 aromatic carbocycles. The van der Waals surface area contributed by atoms with Crippen LogP contribution in [0.15, 0.2) is 42.5 Å². The summed E-state index contributed by atoms with van der Waals surface area (Å²) in [5.74, 6) is -1.42. The third-order valence-corrected chi connectivity index (χ3v) is 3.78. The maximum Gasteiger partial charge on any atom is 0.244 e. The molecule has 0 aromatic heterocycles. The highest BCUT2D eigenvalue weighted by molar-refractivity contribution is 6.31. The van der Waals surface area contributed by atoms with Gasteiger partial charge in [0.25, 0.3) is 0 Å². The minimum absolute atomic E-state index is 0.0676. The minimum Gasteiger partial charge on any atom is -0.324 e. The lowest BCUT2D eigenvalue weighted by Crippen LogP contribution is -2.37. The van der Waals surface area contributed by atoms with Gasteiger partial charge in [-0.1, -0.05) is 29.8 Å². The Hall–Kier alpha value is -2.40. The van der Waals surface area contributed by atoms with Crippen molar-refractivity contribution >= 4 is 34.8 Å². The van der Waals surface area contributed by atoms with Gasteiger partial charge in [0.1, 0.15) is 12.4 Å². The SMILES string of the molecule is CC(=O)N(CC(=O)Nc1cccc(Cl)c1C)c1ccccc1F. The van der Waals surface area contributed by atoms with E-state index in [1.54, 1.807) is 31.2 Å². The van der Waals surface area contributed by atoms with Crippen LogP contribution in [0.1, 0.15) is 12.5 Å². The first-order valence-electron chi connectivity index (χ1n) is 6.97. The molecule has 0 spiro atoms. The number of halogens is 2. The standard InChI is InChI=1S/C17H16ClFN2O2/c1-11-13(18)6-5-8-15(11)20-17(23)10-21(12(2)22)16-9-4-3-7-14(16)19/h3-9H,10H2,1-2H3,(H,20,23). The molecule has 2 aromatic rings. The largest absolute Gasteiger partial charge is 0.324 e. The summed E-state index contributed by atoms with van der Waals surface area (Å²) < 4.78 is 13.9. The Bertz CT molecular complexity index is 749. The van der Waals surface area contributed by atoms with Crippen LogP contribution >= 0.6 is 11.6 Å². The Morgan fingerprint density at radius 3 is 2.52 bits per heavy atom. The van der Waals surface area contributed by atoms with Crippen LogP contribution in [0.5, 0.6) is 0 Å². The molecule has 0 fully saturated rings. The summed E-state index contributed by atoms with van der Waals surface area (Å²) in [7, 11) is 0. The lowest BCUT2D eigenvalue weighted by atomic mass is 10.2. The number of nitrogens with one attached hydrogen (secondary N) is 1. The summed E-state index contributed by atoms with van der Waals surface area (Å²) >= 11 is 6.00. The molecule has 2 rings (SSSR count). The minimum atomic E-state index is -0.561. The number of rotatable bonds is 4. The molecule has 1 N–H and O–H groups in total. The summed E-state index contributed by atoms with van der Waals surface area (Å²) in [6, 6.07) is 11.0. The van der Waals surface area contributed by atoms with Crippen LogP contribution in [-0.2, 0) is 9.59 Å². The quantitative estimate of drug-likeness (QED) is 0.925. The van der Waals surface area contributed by atoms with E-state index in [0.29, 0.717) is 10.7 Å². The Kier molecular flexibility index (Phi) is 5.34. The van der Waals surface area contributed by atoms with Gasteiger partial charge >= 0.3 is 0 Å². The number of anilines is 2. The van der Waals surface area contributed by atoms with Crippen LogP contribution in [0.25, 0.3) is 0 Å². The monoisotopic (exact) mass is 334 g/mol. The van der Waals surface area contributed by atoms with Crippen molar-refractivity contribution in [2.24, 2.45) is 0 Å². The van der Waals surface area contributed by atoms with Crippen molar-refractivity contribution < 1.29 is 14.0 Å². The molecule has 0 saturated carbocycles. The van der Waals surface area contributed by atoms with Crippen molar-refractivity contribution in [3.63, 3.8) is 0 Å². The highest BCUT2D eigenvalue weighted by Crippen LogP contribution is 2.23. The van der Waals surface area contributed by atoms with E-state index in [2.05, 4.69) is 5.32 Å². The van der Waals surface area contributed by atoms with Gasteiger partial charge < -0.3 is 10.2 Å². The van der Waals surface area contributed by atoms with Gasteiger partial charge in [-0.25, -0.2) is 4.39 Å². The number of carbonyl (C=O) groups excluding carboxylic acids is 2. The summed E-state index contributed by atoms with van der Waals surface area (Å²) in [5.41, 5.74) is 1.35. The van der Waals surface area contributed by atoms with Crippen LogP contribution in [0.3, 0.4) is 0 Å². The average molecular weight is 335 g/mol. The summed E-state index contributed by atoms with van der Waals surface area (Å²) in [5, 5.41) is 3.21. The highest BCUT2D eigenvalue weighted by atomic mass is 35.5. The second kappa shape index (κ2) is 7.24. The molecule has 120 valence electrons. The molecule has 0 radical (unpaired) electrons. The van der Waals surface area contributed by atoms with E-state index in [1.165, 1.54) is 25.1 Å². The van der Waals surface area contributed by atoms with Crippen LogP contribution in [-0.4, -0.2) is 18.4 Å². The van der Waals surface area contributed by atoms with Gasteiger partial charge in [-0.05, 0) is 36.8 Å². The molecule has 0 saturated heterocycles. The first kappa shape index (κ1) is 17.0. The van der Waals surface area contributed by atoms with Crippen molar-refractivity contribution in [3.8, 4) is 0 Å². The summed E-state index contributed by atoms with van der Waals surface area (Å²) in [4.78, 5) is 25.1. The molecule has 4 nitrogen and oxygen atoms in total. The zero-order chi connectivity index (χ0) is 17.0. The Balaban J connectivity index is 2.18. The summed E-state index contributed by atoms with van der Waals surface area (Å²) in [6.45, 7) is 2.77. The topological polar surface area (TPSA) is 49.4 Å². The van der Waals surface area contributed by atoms with Crippen LogP contribution < -0.4 is 10.2 Å². The molecule has 0 heterocycles. The van der Waals surface area contributed by atoms with Crippen LogP contribution in [0.2, 0.25) is 5.02 Å². The smallest absolute Gasteiger partial charge is 0.244 e. The van der Waals surface area contributed by atoms with Gasteiger partial charge in [0.15, 0.2) is 0 Å². The molecule has 0 aliphatic heterocycles. The number of para-hydroxylation sites is 1. The molecule has 2 amide bonds. The Morgan fingerprint density at radius 1 is 1.17 bits per heavy atom. The van der Waals surface area contributed by atoms with Gasteiger partial charge in [0, 0.05) is 17.6 Å². The third kappa shape index (κ3) is 4.07. The van der Waals surface area contributed by atoms with Crippen molar-refractivity contribution in [1.82, 2.24) is 0 Å². The van der Waals surface area contributed by atoms with E-state index in [-0.39, 0.29) is 12.2 Å². The summed E-state index contributed by atoms with van der Waals surface area (Å²) in [6.07, 6.45) is 0. The number of nitrogens with zero attached hydrogens (tertiary/aromatic N) is 1. The zero-order valence-electron chi connectivity index (χ0n) is 12.8. The number of carbonyl (C=O) groups is 2. The maximum atomic E-state index is 13.9. The fourth-order valence-electron chi connectivity index (χ4n) is 2.11. The fourth-order valence-corrected chi connectivity index (χ4v) is 2.29. The predicted octanol–water partition coefficient (Wildman–Crippen LogP) is 3.78. The molecular formula is C17H16ClFN2O2. The van der Waals surface area contributed by atoms with Gasteiger partial charge in [0.05, 0.1) is 5.69 Å². The molecule has 6 heteroatoms. The first-order chi connectivity index (χ1) is 10.9. The average Bonchev–Trinajstić information content (AvgIpc) is 2.50. The molecule has 0 aliphatic rings. The lowest BCUT2D eigenvalue weighted by Gasteiger charge is -2.21. The number of hydrogen-bond donors (Lipinski definition) is 1. The maximum absolute atomic E-state index is 13.9. The van der Waals surface area contributed by atoms with E-state index < -0.39 is 17.6 Å². The van der Waals surface area contributed by atoms with Crippen LogP contribution in [0, 0.1) is 12.7 Å². The van der Waals surface area contributed by atoms with Crippen molar-refractivity contribution in [2.75, 3.05) is 16.8 Å². The first-order valence-corrected chi connectivity index (χ1v) is 7.35. The van der Waals surface area contributed by atoms with Gasteiger partial charge in [-0.3, -0.25) is 9.59 Å². The van der Waals surface area contributed by atoms with E-state index in [1.807, 2.05) is 0 Å². The molecule has 0 aliphatic carbocycles.